The van der Waals surface area contributed by atoms with Crippen LogP contribution in [-0.2, 0) is 0 Å². The van der Waals surface area contributed by atoms with Crippen molar-refractivity contribution >= 4 is 17.5 Å². The second-order valence-corrected chi connectivity index (χ2v) is 3.70. The lowest BCUT2D eigenvalue weighted by atomic mass is 10.1. The van der Waals surface area contributed by atoms with Crippen LogP contribution in [0.2, 0.25) is 5.02 Å². The molecule has 0 aliphatic rings. The van der Waals surface area contributed by atoms with Crippen LogP contribution >= 0.6 is 11.6 Å². The van der Waals surface area contributed by atoms with Crippen molar-refractivity contribution in [2.45, 2.75) is 6.92 Å². The Labute approximate surface area is 96.0 Å². The van der Waals surface area contributed by atoms with Gasteiger partial charge in [0.25, 0.3) is 5.91 Å². The first kappa shape index (κ1) is 10.7. The van der Waals surface area contributed by atoms with Crippen LogP contribution in [0.3, 0.4) is 0 Å². The maximum atomic E-state index is 11.2. The van der Waals surface area contributed by atoms with Crippen LogP contribution < -0.4 is 5.63 Å². The van der Waals surface area contributed by atoms with E-state index in [1.165, 1.54) is 13.0 Å². The minimum absolute atomic E-state index is 0.355. The van der Waals surface area contributed by atoms with Crippen molar-refractivity contribution < 1.29 is 9.32 Å². The summed E-state index contributed by atoms with van der Waals surface area (Å²) in [7, 11) is 0. The molecule has 0 saturated heterocycles. The standard InChI is InChI=1S/C11H8ClNO3/c1-7(14)13-10(6-11(15)16-13)8-2-4-9(12)5-3-8/h2-6H,1H3. The average molecular weight is 238 g/mol. The van der Waals surface area contributed by atoms with E-state index in [2.05, 4.69) is 0 Å². The Bertz CT molecular complexity index is 580. The molecule has 5 heteroatoms. The molecule has 16 heavy (non-hydrogen) atoms. The number of rotatable bonds is 1. The van der Waals surface area contributed by atoms with Gasteiger partial charge in [0.15, 0.2) is 0 Å². The van der Waals surface area contributed by atoms with Crippen molar-refractivity contribution in [1.82, 2.24) is 4.74 Å². The minimum Gasteiger partial charge on any atom is -0.328 e. The van der Waals surface area contributed by atoms with Gasteiger partial charge in [-0.3, -0.25) is 4.79 Å². The summed E-state index contributed by atoms with van der Waals surface area (Å²) in [6.45, 7) is 1.32. The number of aromatic nitrogens is 1. The zero-order valence-corrected chi connectivity index (χ0v) is 9.19. The van der Waals surface area contributed by atoms with Gasteiger partial charge in [-0.25, -0.2) is 4.79 Å². The molecule has 0 radical (unpaired) electrons. The summed E-state index contributed by atoms with van der Waals surface area (Å²) >= 11 is 5.75. The molecule has 0 bridgehead atoms. The minimum atomic E-state index is -0.555. The van der Waals surface area contributed by atoms with E-state index in [-0.39, 0.29) is 5.91 Å². The van der Waals surface area contributed by atoms with Crippen LogP contribution in [0.1, 0.15) is 11.7 Å². The van der Waals surface area contributed by atoms with E-state index in [0.717, 1.165) is 4.74 Å². The largest absolute Gasteiger partial charge is 0.358 e. The second kappa shape index (κ2) is 3.98. The van der Waals surface area contributed by atoms with Crippen molar-refractivity contribution in [2.75, 3.05) is 0 Å². The molecule has 0 aliphatic heterocycles. The van der Waals surface area contributed by atoms with Gasteiger partial charge in [0.2, 0.25) is 0 Å². The lowest BCUT2D eigenvalue weighted by Crippen LogP contribution is -2.06. The molecule has 0 spiro atoms. The normalized spacial score (nSPS) is 10.4. The molecular formula is C11H8ClNO3. The molecule has 1 heterocycles. The third kappa shape index (κ3) is 1.92. The summed E-state index contributed by atoms with van der Waals surface area (Å²) in [5.41, 5.74) is 0.569. The van der Waals surface area contributed by atoms with Crippen molar-refractivity contribution in [1.29, 1.82) is 0 Å². The Kier molecular flexibility index (Phi) is 2.66. The summed E-state index contributed by atoms with van der Waals surface area (Å²) in [5, 5.41) is 0.587. The Hall–Kier alpha value is -1.81. The monoisotopic (exact) mass is 237 g/mol. The first-order chi connectivity index (χ1) is 7.58. The van der Waals surface area contributed by atoms with Gasteiger partial charge in [0.1, 0.15) is 0 Å². The molecule has 2 aromatic rings. The number of carbonyl (C=O) groups is 1. The van der Waals surface area contributed by atoms with E-state index in [0.29, 0.717) is 16.3 Å². The molecule has 0 fully saturated rings. The Balaban J connectivity index is 2.59. The number of hydrogen-bond acceptors (Lipinski definition) is 3. The maximum Gasteiger partial charge on any atom is 0.358 e. The second-order valence-electron chi connectivity index (χ2n) is 3.26. The van der Waals surface area contributed by atoms with Crippen molar-refractivity contribution in [3.8, 4) is 11.3 Å². The number of halogens is 1. The van der Waals surface area contributed by atoms with E-state index in [4.69, 9.17) is 16.1 Å². The fourth-order valence-corrected chi connectivity index (χ4v) is 1.52. The summed E-state index contributed by atoms with van der Waals surface area (Å²) in [6.07, 6.45) is 0. The smallest absolute Gasteiger partial charge is 0.328 e. The fraction of sp³-hybridized carbons (Fsp3) is 0.0909. The molecule has 82 valence electrons. The highest BCUT2D eigenvalue weighted by Crippen LogP contribution is 2.20. The molecule has 0 atom stereocenters. The highest BCUT2D eigenvalue weighted by atomic mass is 35.5. The SMILES string of the molecule is CC(=O)n1oc(=O)cc1-c1ccc(Cl)cc1. The van der Waals surface area contributed by atoms with Crippen LogP contribution in [0.25, 0.3) is 11.3 Å². The first-order valence-corrected chi connectivity index (χ1v) is 4.96. The molecule has 4 nitrogen and oxygen atoms in total. The zero-order valence-electron chi connectivity index (χ0n) is 8.44. The highest BCUT2D eigenvalue weighted by Gasteiger charge is 2.12. The van der Waals surface area contributed by atoms with E-state index in [9.17, 15) is 9.59 Å². The highest BCUT2D eigenvalue weighted by molar-refractivity contribution is 6.30. The van der Waals surface area contributed by atoms with E-state index in [1.54, 1.807) is 24.3 Å². The Morgan fingerprint density at radius 1 is 1.31 bits per heavy atom. The lowest BCUT2D eigenvalue weighted by molar-refractivity contribution is 0.0817. The van der Waals surface area contributed by atoms with Gasteiger partial charge in [-0.2, -0.15) is 0 Å². The summed E-state index contributed by atoms with van der Waals surface area (Å²) < 4.78 is 5.70. The van der Waals surface area contributed by atoms with Gasteiger partial charge in [0.05, 0.1) is 11.8 Å². The summed E-state index contributed by atoms with van der Waals surface area (Å²) in [6, 6.07) is 8.06. The summed E-state index contributed by atoms with van der Waals surface area (Å²) in [4.78, 5) is 22.3. The predicted octanol–water partition coefficient (Wildman–Crippen LogP) is 2.42. The predicted molar refractivity (Wildman–Crippen MR) is 59.7 cm³/mol. The van der Waals surface area contributed by atoms with E-state index in [1.807, 2.05) is 0 Å². The van der Waals surface area contributed by atoms with E-state index >= 15 is 0 Å². The van der Waals surface area contributed by atoms with E-state index < -0.39 is 5.63 Å². The molecule has 0 amide bonds. The molecule has 0 unspecified atom stereocenters. The Morgan fingerprint density at radius 2 is 1.94 bits per heavy atom. The van der Waals surface area contributed by atoms with Crippen molar-refractivity contribution in [2.24, 2.45) is 0 Å². The van der Waals surface area contributed by atoms with Crippen LogP contribution in [0.15, 0.2) is 39.6 Å². The van der Waals surface area contributed by atoms with Crippen molar-refractivity contribution in [3.05, 3.63) is 45.8 Å². The third-order valence-electron chi connectivity index (χ3n) is 2.08. The van der Waals surface area contributed by atoms with Crippen LogP contribution in [0, 0.1) is 0 Å². The first-order valence-electron chi connectivity index (χ1n) is 4.58. The number of benzene rings is 1. The van der Waals surface area contributed by atoms with Gasteiger partial charge < -0.3 is 4.52 Å². The maximum absolute atomic E-state index is 11.2. The number of hydrogen-bond donors (Lipinski definition) is 0. The average Bonchev–Trinajstić information content (AvgIpc) is 2.61. The molecule has 1 aromatic carbocycles. The molecular weight excluding hydrogens is 230 g/mol. The van der Waals surface area contributed by atoms with Gasteiger partial charge in [-0.1, -0.05) is 23.7 Å². The van der Waals surface area contributed by atoms with Gasteiger partial charge >= 0.3 is 5.63 Å². The molecule has 2 rings (SSSR count). The van der Waals surface area contributed by atoms with Crippen LogP contribution in [0.4, 0.5) is 0 Å². The molecule has 0 N–H and O–H groups in total. The molecule has 1 aromatic heterocycles. The van der Waals surface area contributed by atoms with Gasteiger partial charge in [-0.15, -0.1) is 4.74 Å². The number of nitrogens with zero attached hydrogens (tertiary/aromatic N) is 1. The van der Waals surface area contributed by atoms with Gasteiger partial charge in [0, 0.05) is 17.5 Å². The van der Waals surface area contributed by atoms with Crippen molar-refractivity contribution in [3.63, 3.8) is 0 Å². The lowest BCUT2D eigenvalue weighted by Gasteiger charge is -2.01. The zero-order chi connectivity index (χ0) is 11.7. The molecule has 0 aliphatic carbocycles. The third-order valence-corrected chi connectivity index (χ3v) is 2.33. The topological polar surface area (TPSA) is 52.2 Å². The Morgan fingerprint density at radius 3 is 2.50 bits per heavy atom. The van der Waals surface area contributed by atoms with Crippen LogP contribution in [0.5, 0.6) is 0 Å². The van der Waals surface area contributed by atoms with Crippen LogP contribution in [-0.4, -0.2) is 10.6 Å². The number of carbonyl (C=O) groups excluding carboxylic acids is 1. The quantitative estimate of drug-likeness (QED) is 0.765. The summed E-state index contributed by atoms with van der Waals surface area (Å²) in [5.74, 6) is -0.355. The van der Waals surface area contributed by atoms with Gasteiger partial charge in [-0.05, 0) is 12.1 Å². The molecule has 0 saturated carbocycles. The fourth-order valence-electron chi connectivity index (χ4n) is 1.39.